The fraction of sp³-hybridized carbons (Fsp3) is 0.333. The van der Waals surface area contributed by atoms with Crippen LogP contribution in [0.15, 0.2) is 39.9 Å². The monoisotopic (exact) mass is 439 g/mol. The molecule has 3 rings (SSSR count). The number of carboxylic acid groups (broad SMARTS) is 1. The Morgan fingerprint density at radius 3 is 2.52 bits per heavy atom. The van der Waals surface area contributed by atoms with E-state index in [-0.39, 0.29) is 21.6 Å². The molecule has 0 bridgehead atoms. The van der Waals surface area contributed by atoms with Crippen molar-refractivity contribution in [2.45, 2.75) is 11.1 Å². The van der Waals surface area contributed by atoms with Crippen LogP contribution >= 0.6 is 11.3 Å². The second-order valence-electron chi connectivity index (χ2n) is 6.25. The number of amides is 1. The van der Waals surface area contributed by atoms with Gasteiger partial charge in [0.25, 0.3) is 10.0 Å². The van der Waals surface area contributed by atoms with Crippen LogP contribution in [0.4, 0.5) is 16.2 Å². The third-order valence-electron chi connectivity index (χ3n) is 4.39. The lowest BCUT2D eigenvalue weighted by molar-refractivity contribution is 0.0696. The molecule has 0 aliphatic carbocycles. The van der Waals surface area contributed by atoms with Crippen LogP contribution in [-0.2, 0) is 14.8 Å². The SMILES string of the molecule is CCOC(=O)N1CCN(c2ccc(C(=O)O)cc2NS(=O)(=O)c2cccs2)CC1. The summed E-state index contributed by atoms with van der Waals surface area (Å²) in [5.41, 5.74) is 0.712. The molecule has 0 radical (unpaired) electrons. The minimum absolute atomic E-state index is 0.0252. The molecule has 0 spiro atoms. The Labute approximate surface area is 172 Å². The van der Waals surface area contributed by atoms with Crippen LogP contribution in [0.1, 0.15) is 17.3 Å². The van der Waals surface area contributed by atoms with E-state index in [1.54, 1.807) is 29.3 Å². The van der Waals surface area contributed by atoms with Crippen molar-refractivity contribution in [2.24, 2.45) is 0 Å². The highest BCUT2D eigenvalue weighted by molar-refractivity contribution is 7.94. The van der Waals surface area contributed by atoms with Crippen molar-refractivity contribution < 1.29 is 27.9 Å². The molecule has 9 nitrogen and oxygen atoms in total. The van der Waals surface area contributed by atoms with E-state index in [0.29, 0.717) is 38.5 Å². The number of sulfonamides is 1. The number of carboxylic acids is 1. The lowest BCUT2D eigenvalue weighted by atomic mass is 10.1. The van der Waals surface area contributed by atoms with Crippen LogP contribution in [0.2, 0.25) is 0 Å². The Morgan fingerprint density at radius 1 is 1.21 bits per heavy atom. The summed E-state index contributed by atoms with van der Waals surface area (Å²) in [4.78, 5) is 26.7. The summed E-state index contributed by atoms with van der Waals surface area (Å²) in [5.74, 6) is -1.15. The summed E-state index contributed by atoms with van der Waals surface area (Å²) in [5, 5.41) is 10.9. The first-order valence-electron chi connectivity index (χ1n) is 8.92. The fourth-order valence-electron chi connectivity index (χ4n) is 2.98. The molecule has 156 valence electrons. The summed E-state index contributed by atoms with van der Waals surface area (Å²) >= 11 is 1.07. The van der Waals surface area contributed by atoms with Crippen LogP contribution in [0.25, 0.3) is 0 Å². The average molecular weight is 440 g/mol. The van der Waals surface area contributed by atoms with Gasteiger partial charge in [-0.15, -0.1) is 11.3 Å². The first-order chi connectivity index (χ1) is 13.8. The van der Waals surface area contributed by atoms with E-state index in [1.807, 2.05) is 4.90 Å². The number of rotatable bonds is 6. The number of thiophene rings is 1. The Morgan fingerprint density at radius 2 is 1.93 bits per heavy atom. The zero-order chi connectivity index (χ0) is 21.0. The van der Waals surface area contributed by atoms with Gasteiger partial charge in [-0.3, -0.25) is 4.72 Å². The molecule has 1 aromatic carbocycles. The number of hydrogen-bond donors (Lipinski definition) is 2. The summed E-state index contributed by atoms with van der Waals surface area (Å²) in [6.07, 6.45) is -0.382. The summed E-state index contributed by atoms with van der Waals surface area (Å²) in [7, 11) is -3.84. The topological polar surface area (TPSA) is 116 Å². The minimum Gasteiger partial charge on any atom is -0.478 e. The average Bonchev–Trinajstić information content (AvgIpc) is 3.24. The molecule has 29 heavy (non-hydrogen) atoms. The standard InChI is InChI=1S/C18H21N3O6S2/c1-2-27-18(24)21-9-7-20(8-10-21)15-6-5-13(17(22)23)12-14(15)19-29(25,26)16-4-3-11-28-16/h3-6,11-12,19H,2,7-10H2,1H3,(H,22,23). The number of piperazine rings is 1. The molecular formula is C18H21N3O6S2. The van der Waals surface area contributed by atoms with Crippen LogP contribution in [0, 0.1) is 0 Å². The molecule has 11 heteroatoms. The van der Waals surface area contributed by atoms with Crippen molar-refractivity contribution in [1.29, 1.82) is 0 Å². The highest BCUT2D eigenvalue weighted by Gasteiger charge is 2.25. The number of nitrogens with one attached hydrogen (secondary N) is 1. The van der Waals surface area contributed by atoms with Crippen LogP contribution in [-0.4, -0.2) is 63.3 Å². The van der Waals surface area contributed by atoms with Crippen molar-refractivity contribution in [3.63, 3.8) is 0 Å². The second-order valence-corrected chi connectivity index (χ2v) is 9.10. The predicted octanol–water partition coefficient (Wildman–Crippen LogP) is 2.53. The zero-order valence-corrected chi connectivity index (χ0v) is 17.3. The summed E-state index contributed by atoms with van der Waals surface area (Å²) in [6, 6.07) is 7.42. The van der Waals surface area contributed by atoms with Gasteiger partial charge in [-0.2, -0.15) is 0 Å². The maximum absolute atomic E-state index is 12.7. The van der Waals surface area contributed by atoms with E-state index >= 15 is 0 Å². The van der Waals surface area contributed by atoms with Gasteiger partial charge in [0.1, 0.15) is 4.21 Å². The van der Waals surface area contributed by atoms with Gasteiger partial charge in [0.05, 0.1) is 23.5 Å². The first-order valence-corrected chi connectivity index (χ1v) is 11.3. The lowest BCUT2D eigenvalue weighted by Gasteiger charge is -2.36. The molecule has 2 heterocycles. The first kappa shape index (κ1) is 20.9. The Hall–Kier alpha value is -2.79. The van der Waals surface area contributed by atoms with Gasteiger partial charge < -0.3 is 19.6 Å². The van der Waals surface area contributed by atoms with Crippen LogP contribution < -0.4 is 9.62 Å². The molecule has 1 aliphatic rings. The Bertz CT molecular complexity index is 983. The normalized spacial score (nSPS) is 14.5. The van der Waals surface area contributed by atoms with Gasteiger partial charge in [-0.25, -0.2) is 18.0 Å². The lowest BCUT2D eigenvalue weighted by Crippen LogP contribution is -2.49. The van der Waals surface area contributed by atoms with E-state index in [9.17, 15) is 23.1 Å². The number of carbonyl (C=O) groups excluding carboxylic acids is 1. The predicted molar refractivity (Wildman–Crippen MR) is 109 cm³/mol. The van der Waals surface area contributed by atoms with Gasteiger partial charge in [0, 0.05) is 26.2 Å². The summed E-state index contributed by atoms with van der Waals surface area (Å²) in [6.45, 7) is 3.78. The molecule has 1 aliphatic heterocycles. The number of benzene rings is 1. The molecular weight excluding hydrogens is 418 g/mol. The van der Waals surface area contributed by atoms with E-state index in [0.717, 1.165) is 11.3 Å². The van der Waals surface area contributed by atoms with Crippen molar-refractivity contribution in [2.75, 3.05) is 42.4 Å². The van der Waals surface area contributed by atoms with Gasteiger partial charge in [0.2, 0.25) is 0 Å². The molecule has 1 aromatic heterocycles. The molecule has 0 saturated carbocycles. The highest BCUT2D eigenvalue weighted by Crippen LogP contribution is 2.31. The van der Waals surface area contributed by atoms with Crippen molar-refractivity contribution in [1.82, 2.24) is 4.90 Å². The molecule has 1 saturated heterocycles. The minimum atomic E-state index is -3.84. The third-order valence-corrected chi connectivity index (χ3v) is 7.16. The van der Waals surface area contributed by atoms with E-state index in [4.69, 9.17) is 4.74 Å². The fourth-order valence-corrected chi connectivity index (χ4v) is 5.04. The largest absolute Gasteiger partial charge is 0.478 e. The quantitative estimate of drug-likeness (QED) is 0.710. The number of aromatic carboxylic acids is 1. The van der Waals surface area contributed by atoms with Gasteiger partial charge in [0.15, 0.2) is 0 Å². The maximum atomic E-state index is 12.7. The Kier molecular flexibility index (Phi) is 6.28. The number of anilines is 2. The molecule has 2 N–H and O–H groups in total. The highest BCUT2D eigenvalue weighted by atomic mass is 32.2. The van der Waals surface area contributed by atoms with E-state index < -0.39 is 16.0 Å². The third kappa shape index (κ3) is 4.80. The van der Waals surface area contributed by atoms with Crippen molar-refractivity contribution in [3.05, 3.63) is 41.3 Å². The number of ether oxygens (including phenoxy) is 1. The smallest absolute Gasteiger partial charge is 0.409 e. The molecule has 0 atom stereocenters. The number of carbonyl (C=O) groups is 2. The van der Waals surface area contributed by atoms with Crippen LogP contribution in [0.5, 0.6) is 0 Å². The second kappa shape index (κ2) is 8.70. The molecule has 0 unspecified atom stereocenters. The Balaban J connectivity index is 1.85. The van der Waals surface area contributed by atoms with Gasteiger partial charge in [-0.1, -0.05) is 6.07 Å². The van der Waals surface area contributed by atoms with E-state index in [2.05, 4.69) is 4.72 Å². The number of hydrogen-bond acceptors (Lipinski definition) is 7. The number of nitrogens with zero attached hydrogens (tertiary/aromatic N) is 2. The van der Waals surface area contributed by atoms with Gasteiger partial charge in [-0.05, 0) is 36.6 Å². The van der Waals surface area contributed by atoms with E-state index in [1.165, 1.54) is 18.2 Å². The summed E-state index contributed by atoms with van der Waals surface area (Å²) < 4.78 is 33.0. The molecule has 1 fully saturated rings. The van der Waals surface area contributed by atoms with Gasteiger partial charge >= 0.3 is 12.1 Å². The van der Waals surface area contributed by atoms with Crippen molar-refractivity contribution in [3.8, 4) is 0 Å². The molecule has 1 amide bonds. The zero-order valence-electron chi connectivity index (χ0n) is 15.7. The maximum Gasteiger partial charge on any atom is 0.409 e. The molecule has 2 aromatic rings. The van der Waals surface area contributed by atoms with Crippen molar-refractivity contribution >= 4 is 44.8 Å². The van der Waals surface area contributed by atoms with Crippen LogP contribution in [0.3, 0.4) is 0 Å².